The lowest BCUT2D eigenvalue weighted by molar-refractivity contribution is 0.198. The summed E-state index contributed by atoms with van der Waals surface area (Å²) in [7, 11) is 1.87. The normalized spacial score (nSPS) is 22.0. The molecule has 144 valence electrons. The Morgan fingerprint density at radius 3 is 2.69 bits per heavy atom. The summed E-state index contributed by atoms with van der Waals surface area (Å²) in [4.78, 5) is 10.6. The summed E-state index contributed by atoms with van der Waals surface area (Å²) in [6.07, 6.45) is 5.40. The van der Waals surface area contributed by atoms with Crippen molar-refractivity contribution in [2.45, 2.75) is 30.6 Å². The van der Waals surface area contributed by atoms with Crippen molar-refractivity contribution in [2.24, 2.45) is 10.9 Å². The Labute approximate surface area is 161 Å². The topological polar surface area (TPSA) is 30.9 Å². The fourth-order valence-electron chi connectivity index (χ4n) is 3.88. The van der Waals surface area contributed by atoms with Gasteiger partial charge in [0.25, 0.3) is 0 Å². The monoisotopic (exact) mass is 378 g/mol. The molecule has 0 radical (unpaired) electrons. The molecule has 0 aliphatic carbocycles. The van der Waals surface area contributed by atoms with Crippen LogP contribution in [0.15, 0.2) is 34.2 Å². The van der Waals surface area contributed by atoms with Crippen LogP contribution in [0, 0.1) is 11.7 Å². The van der Waals surface area contributed by atoms with Crippen LogP contribution in [0.3, 0.4) is 0 Å². The molecule has 0 saturated carbocycles. The van der Waals surface area contributed by atoms with Gasteiger partial charge in [0, 0.05) is 43.9 Å². The third kappa shape index (κ3) is 5.88. The second kappa shape index (κ2) is 10.2. The van der Waals surface area contributed by atoms with E-state index in [0.29, 0.717) is 0 Å². The lowest BCUT2D eigenvalue weighted by atomic mass is 10.1. The Morgan fingerprint density at radius 1 is 1.19 bits per heavy atom. The van der Waals surface area contributed by atoms with Crippen molar-refractivity contribution >= 4 is 17.7 Å². The van der Waals surface area contributed by atoms with E-state index in [1.54, 1.807) is 11.8 Å². The molecule has 3 rings (SSSR count). The van der Waals surface area contributed by atoms with Gasteiger partial charge in [-0.05, 0) is 62.5 Å². The van der Waals surface area contributed by atoms with E-state index in [9.17, 15) is 4.39 Å². The number of likely N-dealkylation sites (tertiary alicyclic amines) is 2. The summed E-state index contributed by atoms with van der Waals surface area (Å²) in [5, 5.41) is 3.48. The molecule has 0 bridgehead atoms. The van der Waals surface area contributed by atoms with Crippen molar-refractivity contribution in [1.29, 1.82) is 0 Å². The Balaban J connectivity index is 1.36. The van der Waals surface area contributed by atoms with Crippen LogP contribution < -0.4 is 5.32 Å². The van der Waals surface area contributed by atoms with Crippen molar-refractivity contribution in [2.75, 3.05) is 52.1 Å². The molecule has 4 nitrogen and oxygen atoms in total. The number of piperidine rings is 1. The predicted molar refractivity (Wildman–Crippen MR) is 108 cm³/mol. The fraction of sp³-hybridized carbons (Fsp3) is 0.650. The predicted octanol–water partition coefficient (Wildman–Crippen LogP) is 3.30. The first-order chi connectivity index (χ1) is 12.7. The van der Waals surface area contributed by atoms with Crippen molar-refractivity contribution in [3.63, 3.8) is 0 Å². The lowest BCUT2D eigenvalue weighted by Gasteiger charge is -2.29. The second-order valence-corrected chi connectivity index (χ2v) is 8.41. The molecule has 2 aliphatic rings. The first-order valence-electron chi connectivity index (χ1n) is 9.81. The number of rotatable bonds is 6. The highest BCUT2D eigenvalue weighted by molar-refractivity contribution is 7.99. The zero-order valence-corrected chi connectivity index (χ0v) is 16.6. The average molecular weight is 379 g/mol. The second-order valence-electron chi connectivity index (χ2n) is 7.24. The zero-order chi connectivity index (χ0) is 18.2. The summed E-state index contributed by atoms with van der Waals surface area (Å²) < 4.78 is 12.9. The van der Waals surface area contributed by atoms with Crippen molar-refractivity contribution in [3.8, 4) is 0 Å². The Hall–Kier alpha value is -1.27. The maximum atomic E-state index is 12.9. The number of aliphatic imine (C=N–C) groups is 1. The maximum absolute atomic E-state index is 12.9. The van der Waals surface area contributed by atoms with Gasteiger partial charge in [-0.3, -0.25) is 4.99 Å². The number of hydrogen-bond donors (Lipinski definition) is 1. The molecule has 6 heteroatoms. The van der Waals surface area contributed by atoms with Crippen LogP contribution in [0.4, 0.5) is 4.39 Å². The van der Waals surface area contributed by atoms with Gasteiger partial charge in [-0.15, -0.1) is 11.8 Å². The third-order valence-corrected chi connectivity index (χ3v) is 6.24. The number of nitrogens with zero attached hydrogens (tertiary/aromatic N) is 3. The van der Waals surface area contributed by atoms with Gasteiger partial charge in [0.2, 0.25) is 0 Å². The van der Waals surface area contributed by atoms with Gasteiger partial charge < -0.3 is 15.1 Å². The van der Waals surface area contributed by atoms with Gasteiger partial charge in [0.05, 0.1) is 0 Å². The average Bonchev–Trinajstić information content (AvgIpc) is 3.12. The molecule has 1 aromatic rings. The minimum absolute atomic E-state index is 0.180. The van der Waals surface area contributed by atoms with Crippen LogP contribution in [-0.2, 0) is 0 Å². The number of guanidine groups is 1. The van der Waals surface area contributed by atoms with Crippen molar-refractivity contribution in [1.82, 2.24) is 15.1 Å². The number of halogens is 1. The van der Waals surface area contributed by atoms with E-state index in [4.69, 9.17) is 0 Å². The Bertz CT molecular complexity index is 572. The molecule has 2 aliphatic heterocycles. The first-order valence-corrected chi connectivity index (χ1v) is 10.8. The van der Waals surface area contributed by atoms with Crippen LogP contribution in [0.1, 0.15) is 25.7 Å². The van der Waals surface area contributed by atoms with Crippen LogP contribution in [-0.4, -0.2) is 67.8 Å². The van der Waals surface area contributed by atoms with Gasteiger partial charge in [0.1, 0.15) is 5.82 Å². The SMILES string of the molecule is CN=C(NCCSc1ccc(F)cc1)N1CCC(CN2CCCCC2)C1. The molecule has 1 aromatic carbocycles. The Morgan fingerprint density at radius 2 is 1.96 bits per heavy atom. The smallest absolute Gasteiger partial charge is 0.193 e. The summed E-state index contributed by atoms with van der Waals surface area (Å²) in [5.74, 6) is 2.54. The summed E-state index contributed by atoms with van der Waals surface area (Å²) >= 11 is 1.74. The quantitative estimate of drug-likeness (QED) is 0.356. The molecular weight excluding hydrogens is 347 g/mol. The van der Waals surface area contributed by atoms with E-state index in [0.717, 1.165) is 42.2 Å². The van der Waals surface area contributed by atoms with E-state index in [1.807, 2.05) is 19.2 Å². The number of thioether (sulfide) groups is 1. The molecule has 0 aromatic heterocycles. The van der Waals surface area contributed by atoms with E-state index in [1.165, 1.54) is 57.5 Å². The highest BCUT2D eigenvalue weighted by Gasteiger charge is 2.26. The minimum Gasteiger partial charge on any atom is -0.355 e. The molecule has 0 amide bonds. The van der Waals surface area contributed by atoms with Crippen LogP contribution in [0.5, 0.6) is 0 Å². The van der Waals surface area contributed by atoms with Gasteiger partial charge in [-0.1, -0.05) is 6.42 Å². The summed E-state index contributed by atoms with van der Waals surface area (Å²) in [6.45, 7) is 6.88. The minimum atomic E-state index is -0.180. The molecule has 1 unspecified atom stereocenters. The number of nitrogens with one attached hydrogen (secondary N) is 1. The molecule has 1 N–H and O–H groups in total. The first kappa shape index (κ1) is 19.5. The van der Waals surface area contributed by atoms with Crippen LogP contribution in [0.25, 0.3) is 0 Å². The number of benzene rings is 1. The molecule has 0 spiro atoms. The van der Waals surface area contributed by atoms with Gasteiger partial charge in [-0.25, -0.2) is 4.39 Å². The van der Waals surface area contributed by atoms with E-state index in [2.05, 4.69) is 20.1 Å². The van der Waals surface area contributed by atoms with E-state index >= 15 is 0 Å². The van der Waals surface area contributed by atoms with Crippen LogP contribution >= 0.6 is 11.8 Å². The molecular formula is C20H31FN4S. The van der Waals surface area contributed by atoms with Gasteiger partial charge >= 0.3 is 0 Å². The largest absolute Gasteiger partial charge is 0.355 e. The molecule has 2 fully saturated rings. The van der Waals surface area contributed by atoms with E-state index < -0.39 is 0 Å². The van der Waals surface area contributed by atoms with Crippen molar-refractivity contribution < 1.29 is 4.39 Å². The van der Waals surface area contributed by atoms with Gasteiger partial charge in [-0.2, -0.15) is 0 Å². The van der Waals surface area contributed by atoms with Gasteiger partial charge in [0.15, 0.2) is 5.96 Å². The molecule has 26 heavy (non-hydrogen) atoms. The zero-order valence-electron chi connectivity index (χ0n) is 15.8. The molecule has 2 heterocycles. The standard InChI is InChI=1S/C20H31FN4S/c1-22-20(23-10-14-26-19-7-5-18(21)6-8-19)25-13-9-17(16-25)15-24-11-3-2-4-12-24/h5-8,17H,2-4,9-16H2,1H3,(H,22,23). The third-order valence-electron chi connectivity index (χ3n) is 5.23. The summed E-state index contributed by atoms with van der Waals surface area (Å²) in [6, 6.07) is 6.70. The maximum Gasteiger partial charge on any atom is 0.193 e. The lowest BCUT2D eigenvalue weighted by Crippen LogP contribution is -2.42. The fourth-order valence-corrected chi connectivity index (χ4v) is 4.64. The highest BCUT2D eigenvalue weighted by Crippen LogP contribution is 2.20. The Kier molecular flexibility index (Phi) is 7.62. The number of hydrogen-bond acceptors (Lipinski definition) is 3. The van der Waals surface area contributed by atoms with Crippen LogP contribution in [0.2, 0.25) is 0 Å². The van der Waals surface area contributed by atoms with Crippen molar-refractivity contribution in [3.05, 3.63) is 30.1 Å². The van der Waals surface area contributed by atoms with E-state index in [-0.39, 0.29) is 5.82 Å². The molecule has 1 atom stereocenters. The molecule has 2 saturated heterocycles. The highest BCUT2D eigenvalue weighted by atomic mass is 32.2. The summed E-state index contributed by atoms with van der Waals surface area (Å²) in [5.41, 5.74) is 0.